The number of benzene rings is 2. The largest absolute Gasteiger partial charge is 0.495 e. The second kappa shape index (κ2) is 10.8. The Kier molecular flexibility index (Phi) is 7.71. The van der Waals surface area contributed by atoms with Gasteiger partial charge in [-0.25, -0.2) is 17.2 Å². The standard InChI is InChI=1S/C26H29F2N5O3S/c1-5-24-19-13-17(27)14-23(30-21-9-12-32(2)16-20(21)28)26(19)31-33(24)11-6-10-29-22-8-7-18(37(4,34)35)15-25(22)36-3/h5,7-8,13-15,20-21,29-30H,1,9-10,12,16H2,2-4H3/t20-,21+/m0/s1. The number of anilines is 2. The number of fused-ring (bicyclic) bond motifs is 1. The zero-order valence-electron chi connectivity index (χ0n) is 20.9. The number of sulfone groups is 1. The molecule has 37 heavy (non-hydrogen) atoms. The van der Waals surface area contributed by atoms with Gasteiger partial charge in [-0.15, -0.1) is 0 Å². The molecule has 1 saturated heterocycles. The molecule has 2 N–H and O–H groups in total. The number of nitrogens with one attached hydrogen (secondary N) is 2. The molecule has 11 heteroatoms. The molecular formula is C26H29F2N5O3S. The number of halogens is 2. The first-order chi connectivity index (χ1) is 17.6. The molecule has 8 nitrogen and oxygen atoms in total. The van der Waals surface area contributed by atoms with Crippen LogP contribution >= 0.6 is 0 Å². The van der Waals surface area contributed by atoms with Gasteiger partial charge in [0.1, 0.15) is 23.3 Å². The van der Waals surface area contributed by atoms with Gasteiger partial charge in [0.2, 0.25) is 0 Å². The van der Waals surface area contributed by atoms with Gasteiger partial charge in [0.15, 0.2) is 9.84 Å². The lowest BCUT2D eigenvalue weighted by molar-refractivity contribution is 0.149. The Hall–Kier alpha value is -3.62. The first-order valence-corrected chi connectivity index (χ1v) is 13.5. The maximum absolute atomic E-state index is 14.6. The van der Waals surface area contributed by atoms with Gasteiger partial charge in [-0.2, -0.15) is 9.78 Å². The van der Waals surface area contributed by atoms with Crippen molar-refractivity contribution in [2.45, 2.75) is 23.5 Å². The zero-order valence-corrected chi connectivity index (χ0v) is 21.7. The third-order valence-electron chi connectivity index (χ3n) is 6.21. The second-order valence-electron chi connectivity index (χ2n) is 8.94. The molecule has 2 atom stereocenters. The Balaban J connectivity index is 1.57. The van der Waals surface area contributed by atoms with E-state index in [-0.39, 0.29) is 11.4 Å². The number of methoxy groups -OCH3 is 1. The highest BCUT2D eigenvalue weighted by Crippen LogP contribution is 2.30. The summed E-state index contributed by atoms with van der Waals surface area (Å²) < 4.78 is 59.4. The molecular weight excluding hydrogens is 500 g/mol. The van der Waals surface area contributed by atoms with E-state index in [2.05, 4.69) is 34.3 Å². The molecule has 0 amide bonds. The number of piperidine rings is 1. The molecule has 1 aliphatic rings. The van der Waals surface area contributed by atoms with Gasteiger partial charge < -0.3 is 20.3 Å². The number of rotatable bonds is 7. The van der Waals surface area contributed by atoms with Gasteiger partial charge >= 0.3 is 0 Å². The van der Waals surface area contributed by atoms with E-state index in [0.29, 0.717) is 46.7 Å². The SMILES string of the molecule is C=Cc1c2cc(F)cc(N[C@@H]3CCN(C)C[C@@H]3F)c2nn1C#CCNc1ccc(S(C)(=O)=O)cc1OC. The molecule has 0 saturated carbocycles. The van der Waals surface area contributed by atoms with E-state index < -0.39 is 27.9 Å². The predicted octanol–water partition coefficient (Wildman–Crippen LogP) is 3.61. The number of likely N-dealkylation sites (tertiary alicyclic amines) is 1. The predicted molar refractivity (Wildman–Crippen MR) is 142 cm³/mol. The molecule has 0 unspecified atom stereocenters. The molecule has 1 aromatic heterocycles. The molecule has 0 bridgehead atoms. The van der Waals surface area contributed by atoms with Gasteiger partial charge in [0, 0.05) is 36.8 Å². The summed E-state index contributed by atoms with van der Waals surface area (Å²) in [4.78, 5) is 2.07. The normalized spacial score (nSPS) is 18.2. The van der Waals surface area contributed by atoms with Gasteiger partial charge in [-0.1, -0.05) is 12.5 Å². The van der Waals surface area contributed by atoms with E-state index in [4.69, 9.17) is 4.74 Å². The lowest BCUT2D eigenvalue weighted by Crippen LogP contribution is -2.46. The van der Waals surface area contributed by atoms with Gasteiger partial charge in [0.25, 0.3) is 0 Å². The van der Waals surface area contributed by atoms with Crippen LogP contribution in [-0.2, 0) is 9.84 Å². The van der Waals surface area contributed by atoms with E-state index in [9.17, 15) is 17.2 Å². The summed E-state index contributed by atoms with van der Waals surface area (Å²) in [6, 6.07) is 9.68. The van der Waals surface area contributed by atoms with Crippen LogP contribution in [0.3, 0.4) is 0 Å². The van der Waals surface area contributed by atoms with E-state index in [1.165, 1.54) is 36.1 Å². The molecule has 3 aromatic rings. The zero-order chi connectivity index (χ0) is 26.7. The van der Waals surface area contributed by atoms with Crippen LogP contribution in [0.25, 0.3) is 17.0 Å². The summed E-state index contributed by atoms with van der Waals surface area (Å²) in [7, 11) is -0.0469. The molecule has 0 radical (unpaired) electrons. The highest BCUT2D eigenvalue weighted by Gasteiger charge is 2.28. The van der Waals surface area contributed by atoms with Gasteiger partial charge in [-0.3, -0.25) is 0 Å². The summed E-state index contributed by atoms with van der Waals surface area (Å²) in [5.74, 6) is 2.84. The van der Waals surface area contributed by atoms with Crippen LogP contribution in [0.2, 0.25) is 0 Å². The minimum absolute atomic E-state index is 0.149. The van der Waals surface area contributed by atoms with Gasteiger partial charge in [0.05, 0.1) is 41.7 Å². The fourth-order valence-corrected chi connectivity index (χ4v) is 4.92. The van der Waals surface area contributed by atoms with Crippen molar-refractivity contribution in [3.05, 3.63) is 48.4 Å². The number of nitrogens with zero attached hydrogens (tertiary/aromatic N) is 3. The lowest BCUT2D eigenvalue weighted by Gasteiger charge is -2.33. The van der Waals surface area contributed by atoms with E-state index >= 15 is 0 Å². The fourth-order valence-electron chi connectivity index (χ4n) is 4.28. The maximum Gasteiger partial charge on any atom is 0.175 e. The maximum atomic E-state index is 14.6. The van der Waals surface area contributed by atoms with Crippen molar-refractivity contribution in [2.75, 3.05) is 50.7 Å². The smallest absolute Gasteiger partial charge is 0.175 e. The number of aromatic nitrogens is 2. The third kappa shape index (κ3) is 5.87. The Labute approximate surface area is 215 Å². The van der Waals surface area contributed by atoms with Crippen molar-refractivity contribution in [1.29, 1.82) is 0 Å². The highest BCUT2D eigenvalue weighted by molar-refractivity contribution is 7.90. The van der Waals surface area contributed by atoms with Crippen LogP contribution < -0.4 is 15.4 Å². The molecule has 0 aliphatic carbocycles. The quantitative estimate of drug-likeness (QED) is 0.452. The van der Waals surface area contributed by atoms with Crippen molar-refractivity contribution in [3.63, 3.8) is 0 Å². The van der Waals surface area contributed by atoms with Crippen LogP contribution in [0.4, 0.5) is 20.2 Å². The van der Waals surface area contributed by atoms with Crippen LogP contribution in [0.15, 0.2) is 41.8 Å². The van der Waals surface area contributed by atoms with Crippen LogP contribution in [0.5, 0.6) is 5.75 Å². The van der Waals surface area contributed by atoms with E-state index in [1.807, 2.05) is 11.9 Å². The summed E-state index contributed by atoms with van der Waals surface area (Å²) in [6.45, 7) is 5.06. The second-order valence-corrected chi connectivity index (χ2v) is 11.0. The molecule has 1 aliphatic heterocycles. The van der Waals surface area contributed by atoms with Crippen molar-refractivity contribution < 1.29 is 21.9 Å². The van der Waals surface area contributed by atoms with Crippen molar-refractivity contribution >= 4 is 38.2 Å². The first-order valence-electron chi connectivity index (χ1n) is 11.7. The van der Waals surface area contributed by atoms with Crippen LogP contribution in [0.1, 0.15) is 12.1 Å². The molecule has 2 heterocycles. The van der Waals surface area contributed by atoms with Crippen molar-refractivity contribution in [1.82, 2.24) is 14.7 Å². The summed E-state index contributed by atoms with van der Waals surface area (Å²) in [6.07, 6.45) is 2.17. The topological polar surface area (TPSA) is 88.5 Å². The van der Waals surface area contributed by atoms with Crippen LogP contribution in [-0.4, -0.2) is 75.4 Å². The first kappa shape index (κ1) is 26.4. The third-order valence-corrected chi connectivity index (χ3v) is 7.32. The summed E-state index contributed by atoms with van der Waals surface area (Å²) in [5, 5.41) is 11.3. The molecule has 4 rings (SSSR count). The lowest BCUT2D eigenvalue weighted by atomic mass is 10.0. The highest BCUT2D eigenvalue weighted by atomic mass is 32.2. The average molecular weight is 530 g/mol. The van der Waals surface area contributed by atoms with E-state index in [0.717, 1.165) is 12.8 Å². The van der Waals surface area contributed by atoms with Crippen LogP contribution in [0, 0.1) is 17.8 Å². The Bertz CT molecular complexity index is 1490. The Morgan fingerprint density at radius 2 is 2.08 bits per heavy atom. The number of hydrogen-bond acceptors (Lipinski definition) is 7. The summed E-state index contributed by atoms with van der Waals surface area (Å²) in [5.41, 5.74) is 1.97. The number of ether oxygens (including phenoxy) is 1. The minimum Gasteiger partial charge on any atom is -0.495 e. The monoisotopic (exact) mass is 529 g/mol. The molecule has 0 spiro atoms. The number of alkyl halides is 1. The Morgan fingerprint density at radius 3 is 2.76 bits per heavy atom. The Morgan fingerprint density at radius 1 is 1.30 bits per heavy atom. The molecule has 2 aromatic carbocycles. The van der Waals surface area contributed by atoms with Gasteiger partial charge in [-0.05, 0) is 43.8 Å². The summed E-state index contributed by atoms with van der Waals surface area (Å²) >= 11 is 0. The van der Waals surface area contributed by atoms with Crippen molar-refractivity contribution in [2.24, 2.45) is 0 Å². The number of hydrogen-bond donors (Lipinski definition) is 2. The van der Waals surface area contributed by atoms with Crippen molar-refractivity contribution in [3.8, 4) is 17.7 Å². The molecule has 1 fully saturated rings. The molecule has 196 valence electrons. The minimum atomic E-state index is -3.37. The fraction of sp³-hybridized carbons (Fsp3) is 0.346. The van der Waals surface area contributed by atoms with E-state index in [1.54, 1.807) is 12.1 Å². The average Bonchev–Trinajstić information content (AvgIpc) is 3.20.